The van der Waals surface area contributed by atoms with Gasteiger partial charge in [0.15, 0.2) is 18.9 Å². The standard InChI is InChI=1S/C28H26N4O5/c1-17(33)31-15-21-13-20(24(28(36)37)32-23(21)25(31)27(32)35)12-19-9-11-30(26(19)34)22-8-5-10-29(16-22)14-18-6-3-2-4-7-18/h2-8,10,12,16,21,23,25H,9,11,13-15H2,1H3/b19-12+/t21?,23-,25?/m1/s1. The lowest BCUT2D eigenvalue weighted by atomic mass is 9.79. The monoisotopic (exact) mass is 498 g/mol. The number of rotatable bonds is 5. The predicted octanol–water partition coefficient (Wildman–Crippen LogP) is 0.151. The summed E-state index contributed by atoms with van der Waals surface area (Å²) in [5.74, 6) is -2.29. The van der Waals surface area contributed by atoms with Crippen LogP contribution >= 0.6 is 0 Å². The van der Waals surface area contributed by atoms with Crippen molar-refractivity contribution in [3.63, 3.8) is 0 Å². The van der Waals surface area contributed by atoms with E-state index in [1.165, 1.54) is 16.7 Å². The fraction of sp³-hybridized carbons (Fsp3) is 0.321. The molecule has 3 amide bonds. The van der Waals surface area contributed by atoms with E-state index in [0.717, 1.165) is 11.3 Å². The number of carboxylic acid groups (broad SMARTS) is 1. The Morgan fingerprint density at radius 2 is 1.92 bits per heavy atom. The molecule has 5 heterocycles. The first-order valence-electron chi connectivity index (χ1n) is 12.4. The van der Waals surface area contributed by atoms with Gasteiger partial charge in [0.1, 0.15) is 11.7 Å². The van der Waals surface area contributed by atoms with Crippen LogP contribution in [0.2, 0.25) is 0 Å². The average molecular weight is 499 g/mol. The number of hydrogen-bond donors (Lipinski definition) is 0. The maximum absolute atomic E-state index is 13.4. The van der Waals surface area contributed by atoms with E-state index in [1.807, 2.05) is 59.4 Å². The number of aromatic nitrogens is 1. The normalized spacial score (nSPS) is 25.6. The molecule has 0 radical (unpaired) electrons. The van der Waals surface area contributed by atoms with E-state index in [-0.39, 0.29) is 29.5 Å². The number of anilines is 1. The molecule has 9 nitrogen and oxygen atoms in total. The first kappa shape index (κ1) is 23.1. The van der Waals surface area contributed by atoms with Crippen molar-refractivity contribution in [1.29, 1.82) is 0 Å². The third kappa shape index (κ3) is 3.73. The Balaban J connectivity index is 1.26. The van der Waals surface area contributed by atoms with Crippen LogP contribution in [0.1, 0.15) is 25.3 Å². The van der Waals surface area contributed by atoms with E-state index in [1.54, 1.807) is 11.0 Å². The lowest BCUT2D eigenvalue weighted by Crippen LogP contribution is -2.69. The fourth-order valence-corrected chi connectivity index (χ4v) is 6.18. The summed E-state index contributed by atoms with van der Waals surface area (Å²) < 4.78 is 2.02. The number of nitrogens with zero attached hydrogens (tertiary/aromatic N) is 4. The molecule has 3 atom stereocenters. The van der Waals surface area contributed by atoms with E-state index >= 15 is 0 Å². The van der Waals surface area contributed by atoms with Crippen molar-refractivity contribution in [2.75, 3.05) is 18.0 Å². The van der Waals surface area contributed by atoms with E-state index in [0.29, 0.717) is 43.6 Å². The van der Waals surface area contributed by atoms with Crippen LogP contribution in [0, 0.1) is 5.92 Å². The molecule has 0 spiro atoms. The first-order chi connectivity index (χ1) is 17.8. The molecule has 0 bridgehead atoms. The summed E-state index contributed by atoms with van der Waals surface area (Å²) >= 11 is 0. The van der Waals surface area contributed by atoms with Gasteiger partial charge in [0.25, 0.3) is 11.8 Å². The number of allylic oxidation sites excluding steroid dienone is 2. The molecule has 0 N–H and O–H groups in total. The largest absolute Gasteiger partial charge is 0.543 e. The minimum atomic E-state index is -1.44. The summed E-state index contributed by atoms with van der Waals surface area (Å²) in [6.45, 7) is 2.96. The Hall–Kier alpha value is -4.27. The van der Waals surface area contributed by atoms with E-state index < -0.39 is 17.9 Å². The fourth-order valence-electron chi connectivity index (χ4n) is 6.18. The number of benzene rings is 1. The number of pyridine rings is 1. The summed E-state index contributed by atoms with van der Waals surface area (Å²) in [4.78, 5) is 54.8. The molecule has 4 aliphatic heterocycles. The van der Waals surface area contributed by atoms with Crippen LogP contribution in [0.3, 0.4) is 0 Å². The van der Waals surface area contributed by atoms with Crippen molar-refractivity contribution >= 4 is 29.4 Å². The Morgan fingerprint density at radius 3 is 2.65 bits per heavy atom. The molecule has 188 valence electrons. The van der Waals surface area contributed by atoms with Crippen LogP contribution in [-0.4, -0.2) is 58.7 Å². The van der Waals surface area contributed by atoms with E-state index in [4.69, 9.17) is 0 Å². The summed E-state index contributed by atoms with van der Waals surface area (Å²) in [6, 6.07) is 12.9. The summed E-state index contributed by atoms with van der Waals surface area (Å²) in [5, 5.41) is 12.1. The van der Waals surface area contributed by atoms with Crippen LogP contribution < -0.4 is 14.6 Å². The molecule has 3 saturated heterocycles. The van der Waals surface area contributed by atoms with Gasteiger partial charge in [0.05, 0.1) is 17.7 Å². The number of carboxylic acids is 1. The van der Waals surface area contributed by atoms with Gasteiger partial charge in [-0.3, -0.25) is 14.4 Å². The van der Waals surface area contributed by atoms with Gasteiger partial charge in [0, 0.05) is 43.1 Å². The second-order valence-electron chi connectivity index (χ2n) is 10.0. The SMILES string of the molecule is CC(=O)N1CC2CC(/C=C3\CCN(c4ccc[n+](Cc5ccccc5)c4)C3=O)=C(C(=O)[O-])N3C(=O)C1[C@@H]23. The van der Waals surface area contributed by atoms with Crippen molar-refractivity contribution in [2.45, 2.75) is 38.4 Å². The molecule has 9 heteroatoms. The summed E-state index contributed by atoms with van der Waals surface area (Å²) in [6.07, 6.45) is 6.34. The highest BCUT2D eigenvalue weighted by Gasteiger charge is 2.62. The topological polar surface area (TPSA) is 105 Å². The van der Waals surface area contributed by atoms with Gasteiger partial charge >= 0.3 is 0 Å². The van der Waals surface area contributed by atoms with Crippen LogP contribution in [0.4, 0.5) is 5.69 Å². The molecular weight excluding hydrogens is 472 g/mol. The molecule has 2 aromatic rings. The Bertz CT molecular complexity index is 1400. The Morgan fingerprint density at radius 1 is 1.14 bits per heavy atom. The van der Waals surface area contributed by atoms with E-state index in [2.05, 4.69) is 0 Å². The van der Waals surface area contributed by atoms with Gasteiger partial charge in [-0.05, 0) is 30.6 Å². The van der Waals surface area contributed by atoms with Gasteiger partial charge in [-0.15, -0.1) is 0 Å². The molecule has 6 rings (SSSR count). The quantitative estimate of drug-likeness (QED) is 0.332. The van der Waals surface area contributed by atoms with Crippen molar-refractivity contribution < 1.29 is 28.9 Å². The van der Waals surface area contributed by atoms with Crippen molar-refractivity contribution in [3.8, 4) is 0 Å². The third-order valence-electron chi connectivity index (χ3n) is 7.82. The second-order valence-corrected chi connectivity index (χ2v) is 10.0. The first-order valence-corrected chi connectivity index (χ1v) is 12.4. The van der Waals surface area contributed by atoms with Gasteiger partial charge in [-0.2, -0.15) is 4.57 Å². The Labute approximate surface area is 213 Å². The molecule has 0 aliphatic carbocycles. The molecule has 0 saturated carbocycles. The Kier molecular flexibility index (Phi) is 5.43. The van der Waals surface area contributed by atoms with Gasteiger partial charge < -0.3 is 24.6 Å². The zero-order chi connectivity index (χ0) is 25.8. The molecule has 1 aromatic carbocycles. The van der Waals surface area contributed by atoms with Crippen LogP contribution in [0.5, 0.6) is 0 Å². The number of aliphatic carboxylic acids is 1. The number of amides is 3. The molecular formula is C28H26N4O5. The van der Waals surface area contributed by atoms with Crippen molar-refractivity contribution in [2.24, 2.45) is 5.92 Å². The second kappa shape index (κ2) is 8.69. The molecule has 4 aliphatic rings. The highest BCUT2D eigenvalue weighted by atomic mass is 16.4. The minimum absolute atomic E-state index is 0.0692. The lowest BCUT2D eigenvalue weighted by Gasteiger charge is -2.51. The van der Waals surface area contributed by atoms with Gasteiger partial charge in [0.2, 0.25) is 5.91 Å². The minimum Gasteiger partial charge on any atom is -0.543 e. The number of carbonyl (C=O) groups excluding carboxylic acids is 4. The zero-order valence-electron chi connectivity index (χ0n) is 20.4. The van der Waals surface area contributed by atoms with Crippen LogP contribution in [0.25, 0.3) is 0 Å². The van der Waals surface area contributed by atoms with Crippen LogP contribution in [-0.2, 0) is 25.7 Å². The predicted molar refractivity (Wildman–Crippen MR) is 129 cm³/mol. The highest BCUT2D eigenvalue weighted by Crippen LogP contribution is 2.47. The maximum atomic E-state index is 13.4. The molecule has 3 fully saturated rings. The lowest BCUT2D eigenvalue weighted by molar-refractivity contribution is -0.687. The van der Waals surface area contributed by atoms with Crippen molar-refractivity contribution in [3.05, 3.63) is 83.3 Å². The smallest absolute Gasteiger partial charge is 0.254 e. The maximum Gasteiger partial charge on any atom is 0.254 e. The number of β-lactam (4-membered cyclic amide) rings is 1. The van der Waals surface area contributed by atoms with Gasteiger partial charge in [-0.25, -0.2) is 0 Å². The summed E-state index contributed by atoms with van der Waals surface area (Å²) in [5.41, 5.74) is 2.64. The molecule has 37 heavy (non-hydrogen) atoms. The number of carbonyl (C=O) groups is 4. The molecule has 1 aromatic heterocycles. The van der Waals surface area contributed by atoms with E-state index in [9.17, 15) is 24.3 Å². The zero-order valence-corrected chi connectivity index (χ0v) is 20.4. The van der Waals surface area contributed by atoms with Gasteiger partial charge in [-0.1, -0.05) is 30.3 Å². The van der Waals surface area contributed by atoms with Crippen molar-refractivity contribution in [1.82, 2.24) is 9.80 Å². The average Bonchev–Trinajstić information content (AvgIpc) is 3.43. The third-order valence-corrected chi connectivity index (χ3v) is 7.82. The number of likely N-dealkylation sites (tertiary alicyclic amines) is 1. The van der Waals surface area contributed by atoms with Crippen LogP contribution in [0.15, 0.2) is 77.8 Å². The summed E-state index contributed by atoms with van der Waals surface area (Å²) in [7, 11) is 0. The number of hydrogen-bond acceptors (Lipinski definition) is 5. The highest BCUT2D eigenvalue weighted by molar-refractivity contribution is 6.08. The molecule has 2 unspecified atom stereocenters.